The van der Waals surface area contributed by atoms with Crippen molar-refractivity contribution in [2.24, 2.45) is 5.73 Å². The molecule has 0 saturated heterocycles. The monoisotopic (exact) mass is 361 g/mol. The summed E-state index contributed by atoms with van der Waals surface area (Å²) in [6, 6.07) is 11.6. The molecule has 2 aromatic rings. The third-order valence-electron chi connectivity index (χ3n) is 3.36. The summed E-state index contributed by atoms with van der Waals surface area (Å²) in [5.41, 5.74) is 7.12. The van der Waals surface area contributed by atoms with Gasteiger partial charge in [-0.05, 0) is 55.3 Å². The first-order valence-electron chi connectivity index (χ1n) is 7.79. The van der Waals surface area contributed by atoms with Gasteiger partial charge < -0.3 is 21.1 Å². The Bertz CT molecular complexity index is 765. The number of nitrogens with one attached hydrogen (secondary N) is 2. The highest BCUT2D eigenvalue weighted by Gasteiger charge is 2.05. The van der Waals surface area contributed by atoms with Crippen molar-refractivity contribution in [3.05, 3.63) is 53.1 Å². The lowest BCUT2D eigenvalue weighted by Gasteiger charge is -2.09. The summed E-state index contributed by atoms with van der Waals surface area (Å²) >= 11 is 5.96. The van der Waals surface area contributed by atoms with Gasteiger partial charge in [-0.3, -0.25) is 4.79 Å². The molecule has 0 heterocycles. The zero-order valence-electron chi connectivity index (χ0n) is 13.8. The Labute approximate surface area is 151 Å². The molecule has 0 radical (unpaired) electrons. The SMILES string of the molecule is Cc1cc(OCCCC(=O)Nc2cccc(NC(N)=O)c2)ccc1Cl. The number of anilines is 2. The predicted octanol–water partition coefficient (Wildman–Crippen LogP) is 3.94. The van der Waals surface area contributed by atoms with E-state index in [1.807, 2.05) is 13.0 Å². The van der Waals surface area contributed by atoms with E-state index in [0.717, 1.165) is 11.3 Å². The van der Waals surface area contributed by atoms with E-state index in [1.54, 1.807) is 36.4 Å². The van der Waals surface area contributed by atoms with E-state index in [0.29, 0.717) is 35.8 Å². The average Bonchev–Trinajstić information content (AvgIpc) is 2.54. The third-order valence-corrected chi connectivity index (χ3v) is 3.78. The van der Waals surface area contributed by atoms with E-state index in [9.17, 15) is 9.59 Å². The molecule has 7 heteroatoms. The lowest BCUT2D eigenvalue weighted by molar-refractivity contribution is -0.116. The summed E-state index contributed by atoms with van der Waals surface area (Å²) in [6.07, 6.45) is 0.896. The van der Waals surface area contributed by atoms with Crippen LogP contribution in [0.5, 0.6) is 5.75 Å². The van der Waals surface area contributed by atoms with Gasteiger partial charge in [0.05, 0.1) is 6.61 Å². The fourth-order valence-corrected chi connectivity index (χ4v) is 2.29. The molecular formula is C18H20ClN3O3. The van der Waals surface area contributed by atoms with Crippen LogP contribution in [0.1, 0.15) is 18.4 Å². The molecule has 132 valence electrons. The van der Waals surface area contributed by atoms with Crippen molar-refractivity contribution < 1.29 is 14.3 Å². The van der Waals surface area contributed by atoms with Crippen LogP contribution in [0.4, 0.5) is 16.2 Å². The highest BCUT2D eigenvalue weighted by Crippen LogP contribution is 2.21. The van der Waals surface area contributed by atoms with Crippen LogP contribution >= 0.6 is 11.6 Å². The number of urea groups is 1. The minimum atomic E-state index is -0.655. The fourth-order valence-electron chi connectivity index (χ4n) is 2.17. The number of amides is 3. The number of carbonyl (C=O) groups excluding carboxylic acids is 2. The smallest absolute Gasteiger partial charge is 0.316 e. The number of rotatable bonds is 7. The lowest BCUT2D eigenvalue weighted by atomic mass is 10.2. The van der Waals surface area contributed by atoms with Crippen molar-refractivity contribution in [1.29, 1.82) is 0 Å². The second-order valence-corrected chi connectivity index (χ2v) is 5.89. The van der Waals surface area contributed by atoms with E-state index < -0.39 is 6.03 Å². The normalized spacial score (nSPS) is 10.2. The van der Waals surface area contributed by atoms with Crippen molar-refractivity contribution in [2.75, 3.05) is 17.2 Å². The Morgan fingerprint density at radius 3 is 2.52 bits per heavy atom. The summed E-state index contributed by atoms with van der Waals surface area (Å²) < 4.78 is 5.61. The maximum absolute atomic E-state index is 12.0. The summed E-state index contributed by atoms with van der Waals surface area (Å²) in [7, 11) is 0. The first-order valence-corrected chi connectivity index (χ1v) is 8.17. The van der Waals surface area contributed by atoms with Gasteiger partial charge in [0, 0.05) is 22.8 Å². The molecule has 0 aliphatic carbocycles. The second kappa shape index (κ2) is 8.94. The molecular weight excluding hydrogens is 342 g/mol. The van der Waals surface area contributed by atoms with E-state index in [2.05, 4.69) is 10.6 Å². The summed E-state index contributed by atoms with van der Waals surface area (Å²) in [6.45, 7) is 2.33. The van der Waals surface area contributed by atoms with Crippen LogP contribution in [-0.4, -0.2) is 18.5 Å². The van der Waals surface area contributed by atoms with Gasteiger partial charge in [-0.1, -0.05) is 17.7 Å². The number of halogens is 1. The fraction of sp³-hybridized carbons (Fsp3) is 0.222. The Hall–Kier alpha value is -2.73. The van der Waals surface area contributed by atoms with Crippen molar-refractivity contribution in [3.63, 3.8) is 0 Å². The minimum Gasteiger partial charge on any atom is -0.494 e. The minimum absolute atomic E-state index is 0.132. The first-order chi connectivity index (χ1) is 11.9. The molecule has 4 N–H and O–H groups in total. The van der Waals surface area contributed by atoms with Crippen LogP contribution in [0.3, 0.4) is 0 Å². The van der Waals surface area contributed by atoms with Gasteiger partial charge in [-0.25, -0.2) is 4.79 Å². The molecule has 0 aromatic heterocycles. The zero-order valence-corrected chi connectivity index (χ0v) is 14.6. The third kappa shape index (κ3) is 6.35. The lowest BCUT2D eigenvalue weighted by Crippen LogP contribution is -2.19. The molecule has 2 rings (SSSR count). The van der Waals surface area contributed by atoms with Gasteiger partial charge >= 0.3 is 6.03 Å². The van der Waals surface area contributed by atoms with Gasteiger partial charge in [0.2, 0.25) is 5.91 Å². The van der Waals surface area contributed by atoms with Crippen LogP contribution in [0, 0.1) is 6.92 Å². The number of primary amides is 1. The number of nitrogens with two attached hydrogens (primary N) is 1. The topological polar surface area (TPSA) is 93.4 Å². The Kier molecular flexibility index (Phi) is 6.65. The molecule has 0 fully saturated rings. The molecule has 0 aliphatic heterocycles. The molecule has 0 spiro atoms. The van der Waals surface area contributed by atoms with Crippen molar-refractivity contribution >= 4 is 34.9 Å². The van der Waals surface area contributed by atoms with Crippen molar-refractivity contribution in [1.82, 2.24) is 0 Å². The molecule has 0 bridgehead atoms. The second-order valence-electron chi connectivity index (χ2n) is 5.48. The molecule has 3 amide bonds. The largest absolute Gasteiger partial charge is 0.494 e. The summed E-state index contributed by atoms with van der Waals surface area (Å²) in [5, 5.41) is 5.92. The van der Waals surface area contributed by atoms with E-state index >= 15 is 0 Å². The highest BCUT2D eigenvalue weighted by molar-refractivity contribution is 6.31. The van der Waals surface area contributed by atoms with Crippen LogP contribution in [0.2, 0.25) is 5.02 Å². The molecule has 0 saturated carbocycles. The summed E-state index contributed by atoms with van der Waals surface area (Å²) in [4.78, 5) is 22.8. The molecule has 6 nitrogen and oxygen atoms in total. The predicted molar refractivity (Wildman–Crippen MR) is 99.2 cm³/mol. The van der Waals surface area contributed by atoms with Gasteiger partial charge in [0.1, 0.15) is 5.75 Å². The Balaban J connectivity index is 1.75. The highest BCUT2D eigenvalue weighted by atomic mass is 35.5. The zero-order chi connectivity index (χ0) is 18.2. The van der Waals surface area contributed by atoms with Crippen LogP contribution in [-0.2, 0) is 4.79 Å². The number of aryl methyl sites for hydroxylation is 1. The standard InChI is InChI=1S/C18H20ClN3O3/c1-12-10-15(7-8-16(12)19)25-9-3-6-17(23)21-13-4-2-5-14(11-13)22-18(20)24/h2,4-5,7-8,10-11H,3,6,9H2,1H3,(H,21,23)(H3,20,22,24). The van der Waals surface area contributed by atoms with Gasteiger partial charge in [0.25, 0.3) is 0 Å². The van der Waals surface area contributed by atoms with E-state index in [1.165, 1.54) is 0 Å². The van der Waals surface area contributed by atoms with Gasteiger partial charge in [-0.2, -0.15) is 0 Å². The molecule has 0 aliphatic rings. The van der Waals surface area contributed by atoms with Gasteiger partial charge in [0.15, 0.2) is 0 Å². The molecule has 0 atom stereocenters. The number of hydrogen-bond donors (Lipinski definition) is 3. The van der Waals surface area contributed by atoms with Crippen molar-refractivity contribution in [3.8, 4) is 5.75 Å². The summed E-state index contributed by atoms with van der Waals surface area (Å²) in [5.74, 6) is 0.597. The number of carbonyl (C=O) groups is 2. The van der Waals surface area contributed by atoms with Crippen molar-refractivity contribution in [2.45, 2.75) is 19.8 Å². The van der Waals surface area contributed by atoms with Gasteiger partial charge in [-0.15, -0.1) is 0 Å². The quantitative estimate of drug-likeness (QED) is 0.652. The number of hydrogen-bond acceptors (Lipinski definition) is 3. The van der Waals surface area contributed by atoms with Crippen LogP contribution in [0.25, 0.3) is 0 Å². The van der Waals surface area contributed by atoms with Crippen LogP contribution in [0.15, 0.2) is 42.5 Å². The maximum atomic E-state index is 12.0. The number of ether oxygens (including phenoxy) is 1. The number of benzene rings is 2. The van der Waals surface area contributed by atoms with E-state index in [4.69, 9.17) is 22.1 Å². The Morgan fingerprint density at radius 1 is 1.12 bits per heavy atom. The molecule has 0 unspecified atom stereocenters. The first kappa shape index (κ1) is 18.6. The van der Waals surface area contributed by atoms with E-state index in [-0.39, 0.29) is 5.91 Å². The average molecular weight is 362 g/mol. The Morgan fingerprint density at radius 2 is 1.84 bits per heavy atom. The molecule has 2 aromatic carbocycles. The van der Waals surface area contributed by atoms with Crippen LogP contribution < -0.4 is 21.1 Å². The maximum Gasteiger partial charge on any atom is 0.316 e. The molecule has 25 heavy (non-hydrogen) atoms.